The van der Waals surface area contributed by atoms with Crippen LogP contribution in [0.25, 0.3) is 11.1 Å². The Kier molecular flexibility index (Phi) is 8.48. The van der Waals surface area contributed by atoms with Crippen LogP contribution in [0.4, 0.5) is 5.69 Å². The number of aryl methyl sites for hydroxylation is 1. The Bertz CT molecular complexity index is 1300. The average molecular weight is 567 g/mol. The summed E-state index contributed by atoms with van der Waals surface area (Å²) in [7, 11) is 1.55. The van der Waals surface area contributed by atoms with Crippen molar-refractivity contribution in [1.29, 1.82) is 0 Å². The minimum atomic E-state index is -0.286. The Morgan fingerprint density at radius 1 is 0.973 bits per heavy atom. The number of aromatic nitrogens is 1. The maximum Gasteiger partial charge on any atom is 0.259 e. The van der Waals surface area contributed by atoms with Gasteiger partial charge in [0.15, 0.2) is 0 Å². The van der Waals surface area contributed by atoms with E-state index in [-0.39, 0.29) is 22.6 Å². The van der Waals surface area contributed by atoms with E-state index in [1.165, 1.54) is 0 Å². The van der Waals surface area contributed by atoms with Crippen molar-refractivity contribution >= 4 is 33.4 Å². The van der Waals surface area contributed by atoms with Crippen LogP contribution < -0.4 is 15.4 Å². The number of ether oxygens (including phenoxy) is 1. The number of nitrogens with one attached hydrogen (secondary N) is 2. The lowest BCUT2D eigenvalue weighted by atomic mass is 9.86. The Morgan fingerprint density at radius 2 is 1.62 bits per heavy atom. The van der Waals surface area contributed by atoms with Gasteiger partial charge in [-0.05, 0) is 75.1 Å². The minimum absolute atomic E-state index is 0.0113. The summed E-state index contributed by atoms with van der Waals surface area (Å²) >= 11 is 3.55. The van der Waals surface area contributed by atoms with Crippen molar-refractivity contribution in [3.8, 4) is 16.9 Å². The Hall–Kier alpha value is -3.19. The number of nitrogens with zero attached hydrogens (tertiary/aromatic N) is 1. The second kappa shape index (κ2) is 11.1. The first-order chi connectivity index (χ1) is 17.2. The first-order valence-electron chi connectivity index (χ1n) is 12.2. The van der Waals surface area contributed by atoms with Crippen LogP contribution in [0.2, 0.25) is 0 Å². The van der Waals surface area contributed by atoms with Gasteiger partial charge in [-0.3, -0.25) is 14.6 Å². The van der Waals surface area contributed by atoms with Gasteiger partial charge in [-0.15, -0.1) is 0 Å². The third-order valence-corrected chi connectivity index (χ3v) is 6.53. The molecular weight excluding hydrogens is 530 g/mol. The first-order valence-corrected chi connectivity index (χ1v) is 13.0. The van der Waals surface area contributed by atoms with E-state index in [0.717, 1.165) is 26.9 Å². The van der Waals surface area contributed by atoms with Crippen molar-refractivity contribution < 1.29 is 14.3 Å². The van der Waals surface area contributed by atoms with Gasteiger partial charge >= 0.3 is 0 Å². The number of amides is 2. The summed E-state index contributed by atoms with van der Waals surface area (Å²) in [6.45, 7) is 15.0. The van der Waals surface area contributed by atoms with E-state index in [0.29, 0.717) is 29.1 Å². The van der Waals surface area contributed by atoms with Crippen LogP contribution in [0, 0.1) is 12.3 Å². The molecule has 37 heavy (non-hydrogen) atoms. The summed E-state index contributed by atoms with van der Waals surface area (Å²) in [5.41, 5.74) is 5.08. The summed E-state index contributed by atoms with van der Waals surface area (Å²) in [5, 5.41) is 5.94. The molecule has 2 amide bonds. The topological polar surface area (TPSA) is 80.3 Å². The zero-order valence-electron chi connectivity index (χ0n) is 22.9. The predicted molar refractivity (Wildman–Crippen MR) is 154 cm³/mol. The molecule has 0 bridgehead atoms. The van der Waals surface area contributed by atoms with Gasteiger partial charge in [0.25, 0.3) is 11.8 Å². The number of anilines is 1. The minimum Gasteiger partial charge on any atom is -0.495 e. The highest BCUT2D eigenvalue weighted by molar-refractivity contribution is 9.10. The molecule has 0 unspecified atom stereocenters. The molecule has 7 heteroatoms. The SMILES string of the molecule is COc1c(Br)cc(C(C)(C)C)cc1C(=O)Nc1cnc(C)c(-c2ccc(C(=O)NCC(C)(C)C)cc2)c1. The van der Waals surface area contributed by atoms with E-state index in [1.807, 2.05) is 37.3 Å². The fraction of sp³-hybridized carbons (Fsp3) is 0.367. The van der Waals surface area contributed by atoms with Gasteiger partial charge in [-0.2, -0.15) is 0 Å². The molecule has 0 atom stereocenters. The smallest absolute Gasteiger partial charge is 0.259 e. The van der Waals surface area contributed by atoms with E-state index in [1.54, 1.807) is 25.4 Å². The van der Waals surface area contributed by atoms with Gasteiger partial charge < -0.3 is 15.4 Å². The fourth-order valence-electron chi connectivity index (χ4n) is 3.74. The largest absolute Gasteiger partial charge is 0.495 e. The van der Waals surface area contributed by atoms with E-state index in [2.05, 4.69) is 73.1 Å². The number of carbonyl (C=O) groups excluding carboxylic acids is 2. The number of carbonyl (C=O) groups is 2. The van der Waals surface area contributed by atoms with Gasteiger partial charge in [0.2, 0.25) is 0 Å². The third kappa shape index (κ3) is 7.19. The molecule has 2 aromatic carbocycles. The molecular formula is C30H36BrN3O3. The molecule has 0 saturated heterocycles. The van der Waals surface area contributed by atoms with Gasteiger partial charge in [0, 0.05) is 23.4 Å². The highest BCUT2D eigenvalue weighted by Crippen LogP contribution is 2.35. The van der Waals surface area contributed by atoms with Crippen molar-refractivity contribution in [3.05, 3.63) is 75.5 Å². The van der Waals surface area contributed by atoms with Crippen LogP contribution in [0.3, 0.4) is 0 Å². The number of hydrogen-bond acceptors (Lipinski definition) is 4. The molecule has 0 fully saturated rings. The molecule has 0 aliphatic carbocycles. The normalized spacial score (nSPS) is 11.7. The summed E-state index contributed by atoms with van der Waals surface area (Å²) in [5.74, 6) is 0.0900. The standard InChI is InChI=1S/C30H36BrN3O3/c1-18-23(19-9-11-20(12-10-19)27(35)33-17-29(2,3)4)15-22(16-32-18)34-28(36)24-13-21(30(5,6)7)14-25(31)26(24)37-8/h9-16H,17H2,1-8H3,(H,33,35)(H,34,36). The molecule has 6 nitrogen and oxygen atoms in total. The molecule has 0 aliphatic rings. The van der Waals surface area contributed by atoms with Crippen LogP contribution in [-0.4, -0.2) is 30.5 Å². The molecule has 0 saturated carbocycles. The van der Waals surface area contributed by atoms with Crippen LogP contribution in [0.1, 0.15) is 73.5 Å². The third-order valence-electron chi connectivity index (χ3n) is 5.94. The maximum atomic E-state index is 13.3. The number of pyridine rings is 1. The van der Waals surface area contributed by atoms with Gasteiger partial charge in [0.05, 0.1) is 29.0 Å². The number of halogens is 1. The first kappa shape index (κ1) is 28.4. The average Bonchev–Trinajstić information content (AvgIpc) is 2.82. The monoisotopic (exact) mass is 565 g/mol. The summed E-state index contributed by atoms with van der Waals surface area (Å²) in [6, 6.07) is 13.1. The number of benzene rings is 2. The lowest BCUT2D eigenvalue weighted by molar-refractivity contribution is 0.0938. The number of hydrogen-bond donors (Lipinski definition) is 2. The van der Waals surface area contributed by atoms with Crippen molar-refractivity contribution in [1.82, 2.24) is 10.3 Å². The molecule has 1 aromatic heterocycles. The zero-order valence-corrected chi connectivity index (χ0v) is 24.5. The quantitative estimate of drug-likeness (QED) is 0.332. The number of methoxy groups -OCH3 is 1. The van der Waals surface area contributed by atoms with Crippen LogP contribution in [0.5, 0.6) is 5.75 Å². The van der Waals surface area contributed by atoms with E-state index >= 15 is 0 Å². The fourth-order valence-corrected chi connectivity index (χ4v) is 4.37. The Morgan fingerprint density at radius 3 is 2.19 bits per heavy atom. The van der Waals surface area contributed by atoms with Gasteiger partial charge in [0.1, 0.15) is 5.75 Å². The van der Waals surface area contributed by atoms with Crippen LogP contribution >= 0.6 is 15.9 Å². The number of rotatable bonds is 6. The van der Waals surface area contributed by atoms with Crippen molar-refractivity contribution in [2.24, 2.45) is 5.41 Å². The van der Waals surface area contributed by atoms with Crippen molar-refractivity contribution in [2.75, 3.05) is 19.0 Å². The molecule has 3 rings (SSSR count). The molecule has 1 heterocycles. The van der Waals surface area contributed by atoms with E-state index in [4.69, 9.17) is 4.74 Å². The second-order valence-electron chi connectivity index (χ2n) is 11.4. The van der Waals surface area contributed by atoms with Crippen molar-refractivity contribution in [3.63, 3.8) is 0 Å². The van der Waals surface area contributed by atoms with E-state index in [9.17, 15) is 9.59 Å². The highest BCUT2D eigenvalue weighted by atomic mass is 79.9. The Balaban J connectivity index is 1.86. The molecule has 2 N–H and O–H groups in total. The van der Waals surface area contributed by atoms with E-state index < -0.39 is 0 Å². The molecule has 0 spiro atoms. The molecule has 196 valence electrons. The molecule has 0 radical (unpaired) electrons. The van der Waals surface area contributed by atoms with Gasteiger partial charge in [-0.25, -0.2) is 0 Å². The van der Waals surface area contributed by atoms with Gasteiger partial charge in [-0.1, -0.05) is 53.7 Å². The zero-order chi connectivity index (χ0) is 27.5. The maximum absolute atomic E-state index is 13.3. The lowest BCUT2D eigenvalue weighted by Crippen LogP contribution is -2.32. The predicted octanol–water partition coefficient (Wildman–Crippen LogP) is 7.15. The Labute approximate surface area is 228 Å². The van der Waals surface area contributed by atoms with Crippen LogP contribution in [-0.2, 0) is 5.41 Å². The lowest BCUT2D eigenvalue weighted by Gasteiger charge is -2.22. The highest BCUT2D eigenvalue weighted by Gasteiger charge is 2.22. The molecule has 3 aromatic rings. The second-order valence-corrected chi connectivity index (χ2v) is 12.3. The summed E-state index contributed by atoms with van der Waals surface area (Å²) in [6.07, 6.45) is 1.64. The molecule has 0 aliphatic heterocycles. The van der Waals surface area contributed by atoms with Crippen molar-refractivity contribution in [2.45, 2.75) is 53.9 Å². The summed E-state index contributed by atoms with van der Waals surface area (Å²) < 4.78 is 6.25. The van der Waals surface area contributed by atoms with Crippen LogP contribution in [0.15, 0.2) is 53.1 Å². The summed E-state index contributed by atoms with van der Waals surface area (Å²) in [4.78, 5) is 30.3.